The number of carbonyl (C=O) groups excluding carboxylic acids is 2. The minimum absolute atomic E-state index is 0.0619. The van der Waals surface area contributed by atoms with Crippen LogP contribution in [0.5, 0.6) is 0 Å². The van der Waals surface area contributed by atoms with E-state index < -0.39 is 23.2 Å². The van der Waals surface area contributed by atoms with Crippen molar-refractivity contribution in [2.45, 2.75) is 32.0 Å². The van der Waals surface area contributed by atoms with Crippen LogP contribution >= 0.6 is 0 Å². The first-order valence-electron chi connectivity index (χ1n) is 8.29. The summed E-state index contributed by atoms with van der Waals surface area (Å²) in [4.78, 5) is 26.2. The maximum Gasteiger partial charge on any atom is 0.417 e. The highest BCUT2D eigenvalue weighted by atomic mass is 19.4. The zero-order valence-electron chi connectivity index (χ0n) is 14.0. The molecule has 0 aliphatic carbocycles. The minimum atomic E-state index is -4.62. The Bertz CT molecular complexity index is 613. The fraction of sp³-hybridized carbons (Fsp3) is 0.529. The maximum atomic E-state index is 13.0. The Kier molecular flexibility index (Phi) is 6.41. The Balaban J connectivity index is 2.02. The molecule has 1 unspecified atom stereocenters. The zero-order chi connectivity index (χ0) is 18.4. The molecule has 1 aromatic rings. The SMILES string of the molecule is CCCN(C(=O)CNC(=O)c1ccccc1C(F)(F)F)C1CCNC1. The molecule has 1 atom stereocenters. The monoisotopic (exact) mass is 357 g/mol. The maximum absolute atomic E-state index is 13.0. The number of amides is 2. The molecule has 2 N–H and O–H groups in total. The molecular weight excluding hydrogens is 335 g/mol. The Morgan fingerprint density at radius 1 is 1.32 bits per heavy atom. The molecule has 0 spiro atoms. The second-order valence-corrected chi connectivity index (χ2v) is 5.96. The lowest BCUT2D eigenvalue weighted by Gasteiger charge is -2.28. The number of nitrogens with zero attached hydrogens (tertiary/aromatic N) is 1. The van der Waals surface area contributed by atoms with Crippen LogP contribution in [0.3, 0.4) is 0 Å². The van der Waals surface area contributed by atoms with Crippen LogP contribution in [-0.2, 0) is 11.0 Å². The average Bonchev–Trinajstić information content (AvgIpc) is 3.10. The summed E-state index contributed by atoms with van der Waals surface area (Å²) in [6, 6.07) is 4.60. The molecule has 0 aromatic heterocycles. The van der Waals surface area contributed by atoms with E-state index in [1.807, 2.05) is 6.92 Å². The smallest absolute Gasteiger partial charge is 0.343 e. The van der Waals surface area contributed by atoms with Gasteiger partial charge in [0.05, 0.1) is 17.7 Å². The lowest BCUT2D eigenvalue weighted by atomic mass is 10.1. The number of benzene rings is 1. The van der Waals surface area contributed by atoms with E-state index in [4.69, 9.17) is 0 Å². The second-order valence-electron chi connectivity index (χ2n) is 5.96. The van der Waals surface area contributed by atoms with E-state index in [-0.39, 0.29) is 18.5 Å². The molecule has 0 bridgehead atoms. The lowest BCUT2D eigenvalue weighted by molar-refractivity contribution is -0.137. The predicted octanol–water partition coefficient (Wildman–Crippen LogP) is 2.04. The summed E-state index contributed by atoms with van der Waals surface area (Å²) in [6.45, 7) is 3.70. The van der Waals surface area contributed by atoms with Crippen molar-refractivity contribution in [2.75, 3.05) is 26.2 Å². The van der Waals surface area contributed by atoms with Crippen LogP contribution in [-0.4, -0.2) is 48.9 Å². The van der Waals surface area contributed by atoms with Crippen molar-refractivity contribution in [2.24, 2.45) is 0 Å². The van der Waals surface area contributed by atoms with Gasteiger partial charge in [0.2, 0.25) is 5.91 Å². The summed E-state index contributed by atoms with van der Waals surface area (Å²) < 4.78 is 38.9. The van der Waals surface area contributed by atoms with Crippen molar-refractivity contribution >= 4 is 11.8 Å². The Morgan fingerprint density at radius 2 is 2.04 bits per heavy atom. The summed E-state index contributed by atoms with van der Waals surface area (Å²) in [7, 11) is 0. The number of alkyl halides is 3. The molecule has 1 aliphatic heterocycles. The third-order valence-electron chi connectivity index (χ3n) is 4.14. The second kappa shape index (κ2) is 8.33. The summed E-state index contributed by atoms with van der Waals surface area (Å²) >= 11 is 0. The molecule has 1 aliphatic rings. The molecule has 8 heteroatoms. The Labute approximate surface area is 144 Å². The summed E-state index contributed by atoms with van der Waals surface area (Å²) in [6.07, 6.45) is -3.02. The topological polar surface area (TPSA) is 61.4 Å². The molecule has 1 fully saturated rings. The molecule has 0 radical (unpaired) electrons. The molecule has 5 nitrogen and oxygen atoms in total. The molecule has 2 amide bonds. The van der Waals surface area contributed by atoms with E-state index in [2.05, 4.69) is 10.6 Å². The normalized spacial score (nSPS) is 17.4. The van der Waals surface area contributed by atoms with Crippen molar-refractivity contribution in [3.05, 3.63) is 35.4 Å². The highest BCUT2D eigenvalue weighted by Crippen LogP contribution is 2.31. The van der Waals surface area contributed by atoms with Crippen LogP contribution in [0.2, 0.25) is 0 Å². The molecule has 25 heavy (non-hydrogen) atoms. The summed E-state index contributed by atoms with van der Waals surface area (Å²) in [5.41, 5.74) is -1.49. The van der Waals surface area contributed by atoms with E-state index in [0.29, 0.717) is 13.1 Å². The average molecular weight is 357 g/mol. The molecule has 2 rings (SSSR count). The fourth-order valence-electron chi connectivity index (χ4n) is 2.94. The van der Waals surface area contributed by atoms with Crippen molar-refractivity contribution in [3.8, 4) is 0 Å². The number of carbonyl (C=O) groups is 2. The molecule has 1 heterocycles. The van der Waals surface area contributed by atoms with Gasteiger partial charge in [0.15, 0.2) is 0 Å². The number of hydrogen-bond donors (Lipinski definition) is 2. The fourth-order valence-corrected chi connectivity index (χ4v) is 2.94. The lowest BCUT2D eigenvalue weighted by Crippen LogP contribution is -2.47. The molecule has 0 saturated carbocycles. The van der Waals surface area contributed by atoms with Crippen LogP contribution in [0.15, 0.2) is 24.3 Å². The van der Waals surface area contributed by atoms with Gasteiger partial charge in [-0.2, -0.15) is 13.2 Å². The molecule has 1 aromatic carbocycles. The van der Waals surface area contributed by atoms with Gasteiger partial charge in [-0.15, -0.1) is 0 Å². The van der Waals surface area contributed by atoms with Crippen molar-refractivity contribution in [1.82, 2.24) is 15.5 Å². The first kappa shape index (κ1) is 19.2. The summed E-state index contributed by atoms with van der Waals surface area (Å²) in [5, 5.41) is 5.50. The van der Waals surface area contributed by atoms with Gasteiger partial charge in [-0.25, -0.2) is 0 Å². The van der Waals surface area contributed by atoms with E-state index >= 15 is 0 Å². The van der Waals surface area contributed by atoms with Gasteiger partial charge in [-0.1, -0.05) is 19.1 Å². The van der Waals surface area contributed by atoms with Gasteiger partial charge in [0.25, 0.3) is 5.91 Å². The summed E-state index contributed by atoms with van der Waals surface area (Å²) in [5.74, 6) is -1.18. The van der Waals surface area contributed by atoms with Crippen molar-refractivity contribution in [1.29, 1.82) is 0 Å². The largest absolute Gasteiger partial charge is 0.417 e. The predicted molar refractivity (Wildman–Crippen MR) is 87.1 cm³/mol. The van der Waals surface area contributed by atoms with Gasteiger partial charge in [-0.3, -0.25) is 9.59 Å². The Hall–Kier alpha value is -2.09. The van der Waals surface area contributed by atoms with Crippen LogP contribution in [0.1, 0.15) is 35.7 Å². The standard InChI is InChI=1S/C17H22F3N3O2/c1-2-9-23(12-7-8-21-10-12)15(24)11-22-16(25)13-5-3-4-6-14(13)17(18,19)20/h3-6,12,21H,2,7-11H2,1H3,(H,22,25). The van der Waals surface area contributed by atoms with E-state index in [1.54, 1.807) is 4.90 Å². The third kappa shape index (κ3) is 4.94. The molecular formula is C17H22F3N3O2. The highest BCUT2D eigenvalue weighted by Gasteiger charge is 2.35. The first-order chi connectivity index (χ1) is 11.8. The number of hydrogen-bond acceptors (Lipinski definition) is 3. The number of rotatable bonds is 6. The first-order valence-corrected chi connectivity index (χ1v) is 8.29. The van der Waals surface area contributed by atoms with Crippen molar-refractivity contribution < 1.29 is 22.8 Å². The van der Waals surface area contributed by atoms with Gasteiger partial charge >= 0.3 is 6.18 Å². The number of nitrogens with one attached hydrogen (secondary N) is 2. The van der Waals surface area contributed by atoms with Crippen LogP contribution in [0, 0.1) is 0 Å². The van der Waals surface area contributed by atoms with Crippen LogP contribution in [0.25, 0.3) is 0 Å². The van der Waals surface area contributed by atoms with Crippen LogP contribution in [0.4, 0.5) is 13.2 Å². The zero-order valence-corrected chi connectivity index (χ0v) is 14.0. The van der Waals surface area contributed by atoms with Crippen LogP contribution < -0.4 is 10.6 Å². The van der Waals surface area contributed by atoms with Gasteiger partial charge in [0, 0.05) is 19.1 Å². The third-order valence-corrected chi connectivity index (χ3v) is 4.14. The number of halogens is 3. The van der Waals surface area contributed by atoms with Gasteiger partial charge < -0.3 is 15.5 Å². The van der Waals surface area contributed by atoms with Gasteiger partial charge in [0.1, 0.15) is 0 Å². The quantitative estimate of drug-likeness (QED) is 0.819. The van der Waals surface area contributed by atoms with Crippen molar-refractivity contribution in [3.63, 3.8) is 0 Å². The Morgan fingerprint density at radius 3 is 2.64 bits per heavy atom. The van der Waals surface area contributed by atoms with E-state index in [1.165, 1.54) is 12.1 Å². The van der Waals surface area contributed by atoms with Gasteiger partial charge in [-0.05, 0) is 31.5 Å². The molecule has 138 valence electrons. The minimum Gasteiger partial charge on any atom is -0.343 e. The highest BCUT2D eigenvalue weighted by molar-refractivity contribution is 5.97. The molecule has 1 saturated heterocycles. The van der Waals surface area contributed by atoms with E-state index in [9.17, 15) is 22.8 Å². The van der Waals surface area contributed by atoms with E-state index in [0.717, 1.165) is 31.5 Å².